The van der Waals surface area contributed by atoms with Crippen molar-refractivity contribution in [3.8, 4) is 0 Å². The van der Waals surface area contributed by atoms with Gasteiger partial charge in [0.1, 0.15) is 5.65 Å². The van der Waals surface area contributed by atoms with Crippen LogP contribution in [0, 0.1) is 12.3 Å². The van der Waals surface area contributed by atoms with Crippen LogP contribution < -0.4 is 0 Å². The van der Waals surface area contributed by atoms with Gasteiger partial charge in [0.25, 0.3) is 0 Å². The van der Waals surface area contributed by atoms with Crippen molar-refractivity contribution in [1.82, 2.24) is 14.5 Å². The molecule has 1 fully saturated rings. The fourth-order valence-corrected chi connectivity index (χ4v) is 4.39. The Morgan fingerprint density at radius 1 is 1.39 bits per heavy atom. The van der Waals surface area contributed by atoms with Crippen LogP contribution >= 0.6 is 11.6 Å². The molecule has 4 nitrogen and oxygen atoms in total. The fraction of sp³-hybridized carbons (Fsp3) is 0.556. The maximum absolute atomic E-state index is 12.4. The maximum atomic E-state index is 12.4. The van der Waals surface area contributed by atoms with E-state index in [0.29, 0.717) is 23.4 Å². The van der Waals surface area contributed by atoms with Gasteiger partial charge in [-0.05, 0) is 30.4 Å². The number of rotatable bonds is 1. The Kier molecular flexibility index (Phi) is 3.24. The highest BCUT2D eigenvalue weighted by atomic mass is 35.5. The molecule has 1 saturated heterocycles. The highest BCUT2D eigenvalue weighted by molar-refractivity contribution is 6.31. The van der Waals surface area contributed by atoms with E-state index in [2.05, 4.69) is 35.2 Å². The molecule has 1 unspecified atom stereocenters. The van der Waals surface area contributed by atoms with Crippen LogP contribution in [-0.4, -0.2) is 32.9 Å². The minimum atomic E-state index is 0.103. The van der Waals surface area contributed by atoms with Gasteiger partial charge in [0.2, 0.25) is 5.91 Å². The normalized spacial score (nSPS) is 23.6. The van der Waals surface area contributed by atoms with Crippen LogP contribution in [0.3, 0.4) is 0 Å². The summed E-state index contributed by atoms with van der Waals surface area (Å²) in [6.07, 6.45) is 4.31. The topological polar surface area (TPSA) is 38.1 Å². The molecule has 122 valence electrons. The Labute approximate surface area is 141 Å². The van der Waals surface area contributed by atoms with Crippen LogP contribution in [0.5, 0.6) is 0 Å². The second kappa shape index (κ2) is 4.97. The molecule has 2 aliphatic heterocycles. The lowest BCUT2D eigenvalue weighted by Gasteiger charge is -2.33. The monoisotopic (exact) mass is 331 g/mol. The molecule has 0 aromatic carbocycles. The third-order valence-electron chi connectivity index (χ3n) is 5.36. The number of nitrogens with zero attached hydrogens (tertiary/aromatic N) is 3. The van der Waals surface area contributed by atoms with Gasteiger partial charge in [0.15, 0.2) is 0 Å². The van der Waals surface area contributed by atoms with E-state index in [1.807, 2.05) is 6.07 Å². The van der Waals surface area contributed by atoms with E-state index in [-0.39, 0.29) is 5.41 Å². The van der Waals surface area contributed by atoms with Gasteiger partial charge in [-0.1, -0.05) is 25.4 Å². The average Bonchev–Trinajstić information content (AvgIpc) is 2.93. The molecule has 2 aromatic rings. The number of aryl methyl sites for hydroxylation is 2. The average molecular weight is 332 g/mol. The summed E-state index contributed by atoms with van der Waals surface area (Å²) in [5.74, 6) is 0.309. The molecule has 1 atom stereocenters. The zero-order chi connectivity index (χ0) is 16.4. The number of amides is 1. The van der Waals surface area contributed by atoms with E-state index in [4.69, 9.17) is 11.6 Å². The molecule has 1 amide bonds. The van der Waals surface area contributed by atoms with Gasteiger partial charge in [-0.3, -0.25) is 4.79 Å². The van der Waals surface area contributed by atoms with Gasteiger partial charge in [0, 0.05) is 49.2 Å². The first-order valence-corrected chi connectivity index (χ1v) is 8.66. The summed E-state index contributed by atoms with van der Waals surface area (Å²) >= 11 is 6.11. The minimum absolute atomic E-state index is 0.103. The van der Waals surface area contributed by atoms with Gasteiger partial charge in [-0.25, -0.2) is 4.98 Å². The summed E-state index contributed by atoms with van der Waals surface area (Å²) < 4.78 is 2.31. The number of halogens is 1. The van der Waals surface area contributed by atoms with Gasteiger partial charge < -0.3 is 9.47 Å². The summed E-state index contributed by atoms with van der Waals surface area (Å²) in [5, 5.41) is 1.82. The summed E-state index contributed by atoms with van der Waals surface area (Å²) in [5.41, 5.74) is 3.69. The lowest BCUT2D eigenvalue weighted by molar-refractivity contribution is -0.130. The number of carbonyl (C=O) groups excluding carboxylic acids is 1. The van der Waals surface area contributed by atoms with Gasteiger partial charge in [-0.15, -0.1) is 0 Å². The largest absolute Gasteiger partial charge is 0.339 e. The molecule has 4 heterocycles. The highest BCUT2D eigenvalue weighted by Crippen LogP contribution is 2.36. The van der Waals surface area contributed by atoms with E-state index in [1.165, 1.54) is 11.3 Å². The number of hydrogen-bond acceptors (Lipinski definition) is 2. The number of pyridine rings is 1. The third-order valence-corrected chi connectivity index (χ3v) is 5.56. The molecule has 0 radical (unpaired) electrons. The Bertz CT molecular complexity index is 808. The molecule has 0 saturated carbocycles. The molecule has 0 aliphatic carbocycles. The second-order valence-corrected chi connectivity index (χ2v) is 8.19. The zero-order valence-electron chi connectivity index (χ0n) is 13.9. The van der Waals surface area contributed by atoms with Crippen molar-refractivity contribution in [1.29, 1.82) is 0 Å². The van der Waals surface area contributed by atoms with Crippen LogP contribution in [0.25, 0.3) is 11.0 Å². The zero-order valence-corrected chi connectivity index (χ0v) is 14.7. The molecule has 5 heteroatoms. The summed E-state index contributed by atoms with van der Waals surface area (Å²) in [7, 11) is 0. The van der Waals surface area contributed by atoms with E-state index in [9.17, 15) is 4.79 Å². The lowest BCUT2D eigenvalue weighted by atomic mass is 9.93. The van der Waals surface area contributed by atoms with E-state index in [1.54, 1.807) is 6.20 Å². The summed E-state index contributed by atoms with van der Waals surface area (Å²) in [6.45, 7) is 8.30. The smallest absolute Gasteiger partial charge is 0.223 e. The van der Waals surface area contributed by atoms with Crippen molar-refractivity contribution >= 4 is 28.5 Å². The molecule has 0 spiro atoms. The van der Waals surface area contributed by atoms with Crippen molar-refractivity contribution in [2.75, 3.05) is 6.54 Å². The molecular formula is C18H22ClN3O. The molecule has 2 aromatic heterocycles. The number of carbonyl (C=O) groups is 1. The van der Waals surface area contributed by atoms with E-state index in [0.717, 1.165) is 37.0 Å². The van der Waals surface area contributed by atoms with Crippen LogP contribution in [0.15, 0.2) is 12.3 Å². The van der Waals surface area contributed by atoms with Crippen molar-refractivity contribution < 1.29 is 4.79 Å². The van der Waals surface area contributed by atoms with Crippen molar-refractivity contribution in [2.45, 2.75) is 52.6 Å². The number of likely N-dealkylation sites (tertiary alicyclic amines) is 1. The Morgan fingerprint density at radius 2 is 2.17 bits per heavy atom. The van der Waals surface area contributed by atoms with Crippen LogP contribution in [-0.2, 0) is 17.8 Å². The lowest BCUT2D eigenvalue weighted by Crippen LogP contribution is -2.42. The van der Waals surface area contributed by atoms with Gasteiger partial charge >= 0.3 is 0 Å². The molecule has 4 rings (SSSR count). The second-order valence-electron chi connectivity index (χ2n) is 7.76. The number of hydrogen-bond donors (Lipinski definition) is 0. The predicted molar refractivity (Wildman–Crippen MR) is 91.7 cm³/mol. The SMILES string of the molecule is Cc1c2n(c3ncc(Cl)cc13)CCC(N1CC(C)(C)CC1=O)C2. The quantitative estimate of drug-likeness (QED) is 0.801. The Morgan fingerprint density at radius 3 is 2.87 bits per heavy atom. The third kappa shape index (κ3) is 2.35. The number of fused-ring (bicyclic) bond motifs is 3. The first-order valence-electron chi connectivity index (χ1n) is 8.28. The first-order chi connectivity index (χ1) is 10.9. The van der Waals surface area contributed by atoms with Crippen molar-refractivity contribution in [2.24, 2.45) is 5.41 Å². The Hall–Kier alpha value is -1.55. The molecular weight excluding hydrogens is 310 g/mol. The van der Waals surface area contributed by atoms with Crippen LogP contribution in [0.2, 0.25) is 5.02 Å². The molecule has 0 bridgehead atoms. The summed E-state index contributed by atoms with van der Waals surface area (Å²) in [4.78, 5) is 19.0. The van der Waals surface area contributed by atoms with Gasteiger partial charge in [0.05, 0.1) is 5.02 Å². The van der Waals surface area contributed by atoms with Crippen LogP contribution in [0.4, 0.5) is 0 Å². The van der Waals surface area contributed by atoms with Crippen molar-refractivity contribution in [3.63, 3.8) is 0 Å². The molecule has 23 heavy (non-hydrogen) atoms. The van der Waals surface area contributed by atoms with Crippen molar-refractivity contribution in [3.05, 3.63) is 28.5 Å². The molecule has 0 N–H and O–H groups in total. The van der Waals surface area contributed by atoms with E-state index < -0.39 is 0 Å². The highest BCUT2D eigenvalue weighted by Gasteiger charge is 2.40. The predicted octanol–water partition coefficient (Wildman–Crippen LogP) is 3.57. The Balaban J connectivity index is 1.70. The first kappa shape index (κ1) is 15.0. The minimum Gasteiger partial charge on any atom is -0.339 e. The van der Waals surface area contributed by atoms with Gasteiger partial charge in [-0.2, -0.15) is 0 Å². The van der Waals surface area contributed by atoms with E-state index >= 15 is 0 Å². The summed E-state index contributed by atoms with van der Waals surface area (Å²) in [6, 6.07) is 2.32. The maximum Gasteiger partial charge on any atom is 0.223 e. The number of aromatic nitrogens is 2. The fourth-order valence-electron chi connectivity index (χ4n) is 4.23. The molecule has 2 aliphatic rings. The standard InChI is InChI=1S/C18H22ClN3O/c1-11-14-6-12(19)9-20-17(14)21-5-4-13(7-15(11)21)22-10-18(2,3)8-16(22)23/h6,9,13H,4-5,7-8,10H2,1-3H3. The van der Waals surface area contributed by atoms with Crippen LogP contribution in [0.1, 0.15) is 37.9 Å².